The van der Waals surface area contributed by atoms with Crippen molar-refractivity contribution in [1.82, 2.24) is 5.32 Å². The summed E-state index contributed by atoms with van der Waals surface area (Å²) in [6.07, 6.45) is 86.8. The minimum Gasteiger partial charge on any atom is -0.394 e. The van der Waals surface area contributed by atoms with Gasteiger partial charge in [-0.1, -0.05) is 297 Å². The van der Waals surface area contributed by atoms with Gasteiger partial charge in [0.25, 0.3) is 0 Å². The second-order valence-electron chi connectivity index (χ2n) is 19.7. The first kappa shape index (κ1) is 65.3. The van der Waals surface area contributed by atoms with Crippen molar-refractivity contribution < 1.29 is 15.0 Å². The van der Waals surface area contributed by atoms with Gasteiger partial charge in [-0.05, 0) is 77.0 Å². The first-order valence-electron chi connectivity index (χ1n) is 29.4. The molecule has 0 bridgehead atoms. The average Bonchev–Trinajstić information content (AvgIpc) is 3.34. The first-order chi connectivity index (χ1) is 33.7. The predicted octanol–water partition coefficient (Wildman–Crippen LogP) is 19.7. The van der Waals surface area contributed by atoms with Crippen molar-refractivity contribution in [1.29, 1.82) is 0 Å². The highest BCUT2D eigenvalue weighted by Crippen LogP contribution is 2.17. The second-order valence-corrected chi connectivity index (χ2v) is 19.7. The van der Waals surface area contributed by atoms with Gasteiger partial charge < -0.3 is 15.5 Å². The standard InChI is InChI=1S/C64H113NO3/c1-3-5-7-9-11-13-15-17-19-21-23-25-26-27-28-29-30-31-32-33-34-35-36-37-38-40-42-44-46-48-50-52-54-56-58-60-64(68)65-62(61-66)63(67)59-57-55-53-51-49-47-45-43-41-39-24-22-20-18-16-14-12-10-8-6-4-2/h5,7,11,13,17,19,23,25,27-28,30-31,33-34,36-37,62-63,66-67H,3-4,6,8-10,12,14-16,18,20-22,24,26,29,32,35,38-61H2,1-2H3,(H,65,68)/b7-5-,13-11-,19-17-,25-23-,28-27-,31-30-,34-33-,37-36-. The molecule has 392 valence electrons. The maximum atomic E-state index is 12.5. The topological polar surface area (TPSA) is 69.6 Å². The van der Waals surface area contributed by atoms with Crippen molar-refractivity contribution in [3.05, 3.63) is 97.2 Å². The van der Waals surface area contributed by atoms with Crippen LogP contribution in [0.25, 0.3) is 0 Å². The summed E-state index contributed by atoms with van der Waals surface area (Å²) >= 11 is 0. The highest BCUT2D eigenvalue weighted by Gasteiger charge is 2.20. The van der Waals surface area contributed by atoms with E-state index in [1.165, 1.54) is 180 Å². The summed E-state index contributed by atoms with van der Waals surface area (Å²) in [5.41, 5.74) is 0. The molecular formula is C64H113NO3. The Bertz CT molecular complexity index is 1250. The van der Waals surface area contributed by atoms with E-state index in [1.54, 1.807) is 0 Å². The lowest BCUT2D eigenvalue weighted by atomic mass is 10.0. The van der Waals surface area contributed by atoms with Gasteiger partial charge in [-0.25, -0.2) is 0 Å². The number of hydrogen-bond acceptors (Lipinski definition) is 3. The maximum Gasteiger partial charge on any atom is 0.220 e. The summed E-state index contributed by atoms with van der Waals surface area (Å²) < 4.78 is 0. The van der Waals surface area contributed by atoms with Crippen LogP contribution in [0.1, 0.15) is 284 Å². The molecule has 0 rings (SSSR count). The number of hydrogen-bond donors (Lipinski definition) is 3. The molecule has 0 aromatic heterocycles. The molecule has 0 radical (unpaired) electrons. The van der Waals surface area contributed by atoms with Crippen LogP contribution < -0.4 is 5.32 Å². The number of aliphatic hydroxyl groups is 2. The lowest BCUT2D eigenvalue weighted by Crippen LogP contribution is -2.45. The number of rotatable bonds is 53. The summed E-state index contributed by atoms with van der Waals surface area (Å²) in [5.74, 6) is -0.0370. The zero-order valence-electron chi connectivity index (χ0n) is 45.1. The Morgan fingerprint density at radius 2 is 0.647 bits per heavy atom. The molecule has 0 saturated heterocycles. The summed E-state index contributed by atoms with van der Waals surface area (Å²) in [6.45, 7) is 4.26. The Morgan fingerprint density at radius 1 is 0.368 bits per heavy atom. The molecule has 1 amide bonds. The lowest BCUT2D eigenvalue weighted by Gasteiger charge is -2.22. The van der Waals surface area contributed by atoms with Crippen LogP contribution in [0.4, 0.5) is 0 Å². The third kappa shape index (κ3) is 54.3. The Labute approximate surface area is 424 Å². The summed E-state index contributed by atoms with van der Waals surface area (Å²) in [5, 5.41) is 23.4. The predicted molar refractivity (Wildman–Crippen MR) is 303 cm³/mol. The molecule has 0 fully saturated rings. The van der Waals surface area contributed by atoms with Gasteiger partial charge >= 0.3 is 0 Å². The van der Waals surface area contributed by atoms with Crippen molar-refractivity contribution in [3.8, 4) is 0 Å². The molecule has 0 aliphatic carbocycles. The van der Waals surface area contributed by atoms with Gasteiger partial charge in [0.05, 0.1) is 18.8 Å². The first-order valence-corrected chi connectivity index (χ1v) is 29.4. The third-order valence-electron chi connectivity index (χ3n) is 13.1. The highest BCUT2D eigenvalue weighted by molar-refractivity contribution is 5.76. The van der Waals surface area contributed by atoms with Gasteiger partial charge in [0.2, 0.25) is 5.91 Å². The van der Waals surface area contributed by atoms with E-state index in [9.17, 15) is 15.0 Å². The van der Waals surface area contributed by atoms with Crippen LogP contribution in [0, 0.1) is 0 Å². The molecule has 2 unspecified atom stereocenters. The number of carbonyl (C=O) groups excluding carboxylic acids is 1. The minimum atomic E-state index is -0.668. The fraction of sp³-hybridized carbons (Fsp3) is 0.734. The summed E-state index contributed by atoms with van der Waals surface area (Å²) in [4.78, 5) is 12.5. The van der Waals surface area contributed by atoms with E-state index in [0.29, 0.717) is 12.8 Å². The Hall–Kier alpha value is -2.69. The number of carbonyl (C=O) groups is 1. The van der Waals surface area contributed by atoms with Crippen molar-refractivity contribution in [2.45, 2.75) is 296 Å². The maximum absolute atomic E-state index is 12.5. The van der Waals surface area contributed by atoms with Gasteiger partial charge in [-0.3, -0.25) is 4.79 Å². The SMILES string of the molecule is CC/C=C\C/C=C\C/C=C\C/C=C\C/C=C\C/C=C\C/C=C\C/C=C\CCCCCCCCCCCCC(=O)NC(CO)C(O)CCCCCCCCCCCCCCCCCCCCCCC. The number of aliphatic hydroxyl groups excluding tert-OH is 2. The van der Waals surface area contributed by atoms with Crippen LogP contribution in [0.2, 0.25) is 0 Å². The molecule has 68 heavy (non-hydrogen) atoms. The van der Waals surface area contributed by atoms with E-state index in [2.05, 4.69) is 116 Å². The molecule has 0 aromatic carbocycles. The molecule has 4 nitrogen and oxygen atoms in total. The van der Waals surface area contributed by atoms with E-state index in [-0.39, 0.29) is 12.5 Å². The monoisotopic (exact) mass is 944 g/mol. The van der Waals surface area contributed by atoms with Gasteiger partial charge in [-0.15, -0.1) is 0 Å². The van der Waals surface area contributed by atoms with Crippen LogP contribution in [0.3, 0.4) is 0 Å². The average molecular weight is 945 g/mol. The van der Waals surface area contributed by atoms with E-state index >= 15 is 0 Å². The summed E-state index contributed by atoms with van der Waals surface area (Å²) in [6, 6.07) is -0.545. The van der Waals surface area contributed by atoms with Crippen LogP contribution in [0.5, 0.6) is 0 Å². The van der Waals surface area contributed by atoms with Crippen LogP contribution >= 0.6 is 0 Å². The van der Waals surface area contributed by atoms with Gasteiger partial charge in [0.1, 0.15) is 0 Å². The molecule has 2 atom stereocenters. The van der Waals surface area contributed by atoms with E-state index in [4.69, 9.17) is 0 Å². The van der Waals surface area contributed by atoms with E-state index < -0.39 is 12.1 Å². The quantitative estimate of drug-likeness (QED) is 0.0420. The molecule has 0 aliphatic rings. The Kier molecular flexibility index (Phi) is 56.3. The number of allylic oxidation sites excluding steroid dienone is 16. The Balaban J connectivity index is 3.54. The van der Waals surface area contributed by atoms with Gasteiger partial charge in [0, 0.05) is 6.42 Å². The van der Waals surface area contributed by atoms with Crippen molar-refractivity contribution in [2.24, 2.45) is 0 Å². The number of nitrogens with one attached hydrogen (secondary N) is 1. The molecule has 4 heteroatoms. The fourth-order valence-corrected chi connectivity index (χ4v) is 8.67. The van der Waals surface area contributed by atoms with E-state index in [0.717, 1.165) is 77.0 Å². The zero-order chi connectivity index (χ0) is 49.2. The molecule has 0 spiro atoms. The third-order valence-corrected chi connectivity index (χ3v) is 13.1. The molecule has 0 heterocycles. The molecular weight excluding hydrogens is 831 g/mol. The molecule has 0 saturated carbocycles. The smallest absolute Gasteiger partial charge is 0.220 e. The normalized spacial score (nSPS) is 13.5. The minimum absolute atomic E-state index is 0.0370. The fourth-order valence-electron chi connectivity index (χ4n) is 8.67. The number of amides is 1. The van der Waals surface area contributed by atoms with Crippen LogP contribution in [-0.4, -0.2) is 34.9 Å². The largest absolute Gasteiger partial charge is 0.394 e. The van der Waals surface area contributed by atoms with Crippen LogP contribution in [0.15, 0.2) is 97.2 Å². The lowest BCUT2D eigenvalue weighted by molar-refractivity contribution is -0.123. The van der Waals surface area contributed by atoms with Gasteiger partial charge in [-0.2, -0.15) is 0 Å². The number of unbranched alkanes of at least 4 members (excludes halogenated alkanes) is 30. The summed E-state index contributed by atoms with van der Waals surface area (Å²) in [7, 11) is 0. The van der Waals surface area contributed by atoms with Crippen molar-refractivity contribution >= 4 is 5.91 Å². The zero-order valence-corrected chi connectivity index (χ0v) is 45.1. The van der Waals surface area contributed by atoms with Gasteiger partial charge in [0.15, 0.2) is 0 Å². The molecule has 0 aromatic rings. The van der Waals surface area contributed by atoms with Crippen molar-refractivity contribution in [3.63, 3.8) is 0 Å². The van der Waals surface area contributed by atoms with Crippen molar-refractivity contribution in [2.75, 3.05) is 6.61 Å². The molecule has 3 N–H and O–H groups in total. The Morgan fingerprint density at radius 3 is 0.971 bits per heavy atom. The molecule has 0 aliphatic heterocycles. The van der Waals surface area contributed by atoms with E-state index in [1.807, 2.05) is 0 Å². The van der Waals surface area contributed by atoms with Crippen LogP contribution in [-0.2, 0) is 4.79 Å². The highest BCUT2D eigenvalue weighted by atomic mass is 16.3. The second kappa shape index (κ2) is 58.6.